The van der Waals surface area contributed by atoms with E-state index in [2.05, 4.69) is 15.6 Å². The summed E-state index contributed by atoms with van der Waals surface area (Å²) in [6.45, 7) is 1.76. The highest BCUT2D eigenvalue weighted by Gasteiger charge is 2.03. The van der Waals surface area contributed by atoms with Crippen LogP contribution in [0.3, 0.4) is 0 Å². The zero-order valence-corrected chi connectivity index (χ0v) is 7.80. The minimum absolute atomic E-state index is 0.742. The van der Waals surface area contributed by atoms with E-state index < -0.39 is 0 Å². The van der Waals surface area contributed by atoms with Gasteiger partial charge in [-0.25, -0.2) is 0 Å². The van der Waals surface area contributed by atoms with E-state index in [4.69, 9.17) is 11.6 Å². The number of benzene rings is 1. The van der Waals surface area contributed by atoms with Crippen LogP contribution in [-0.2, 0) is 0 Å². The maximum absolute atomic E-state index is 5.75. The van der Waals surface area contributed by atoms with Crippen LogP contribution in [0.1, 0.15) is 0 Å². The molecule has 68 valence electrons. The van der Waals surface area contributed by atoms with E-state index in [-0.39, 0.29) is 0 Å². The fourth-order valence-electron chi connectivity index (χ4n) is 1.15. The Morgan fingerprint density at radius 1 is 1.31 bits per heavy atom. The predicted molar refractivity (Wildman–Crippen MR) is 55.4 cm³/mol. The summed E-state index contributed by atoms with van der Waals surface area (Å²) < 4.78 is 0. The molecule has 0 spiro atoms. The molecule has 0 atom stereocenters. The summed E-state index contributed by atoms with van der Waals surface area (Å²) >= 11 is 5.75. The molecule has 1 heterocycles. The van der Waals surface area contributed by atoms with Gasteiger partial charge in [-0.3, -0.25) is 4.99 Å². The lowest BCUT2D eigenvalue weighted by Gasteiger charge is -2.05. The average molecular weight is 196 g/mol. The number of aliphatic imine (C=N–C) groups is 1. The van der Waals surface area contributed by atoms with Gasteiger partial charge in [0.15, 0.2) is 5.96 Å². The summed E-state index contributed by atoms with van der Waals surface area (Å²) in [4.78, 5) is 4.21. The fraction of sp³-hybridized carbons (Fsp3) is 0.222. The summed E-state index contributed by atoms with van der Waals surface area (Å²) in [5, 5.41) is 7.02. The summed E-state index contributed by atoms with van der Waals surface area (Å²) in [5.74, 6) is 0.835. The highest BCUT2D eigenvalue weighted by Crippen LogP contribution is 2.13. The van der Waals surface area contributed by atoms with Gasteiger partial charge in [0.1, 0.15) is 0 Å². The summed E-state index contributed by atoms with van der Waals surface area (Å²) in [7, 11) is 0. The number of hydrogen-bond acceptors (Lipinski definition) is 3. The van der Waals surface area contributed by atoms with Crippen molar-refractivity contribution < 1.29 is 0 Å². The third-order valence-corrected chi connectivity index (χ3v) is 2.03. The molecule has 2 rings (SSSR count). The Labute approximate surface area is 81.8 Å². The predicted octanol–water partition coefficient (Wildman–Crippen LogP) is 1.71. The van der Waals surface area contributed by atoms with Gasteiger partial charge in [-0.2, -0.15) is 0 Å². The lowest BCUT2D eigenvalue weighted by molar-refractivity contribution is 0.959. The van der Waals surface area contributed by atoms with Crippen LogP contribution >= 0.6 is 11.6 Å². The van der Waals surface area contributed by atoms with Gasteiger partial charge in [-0.15, -0.1) is 0 Å². The summed E-state index contributed by atoms with van der Waals surface area (Å²) in [5.41, 5.74) is 0.998. The van der Waals surface area contributed by atoms with E-state index in [1.165, 1.54) is 0 Å². The standard InChI is InChI=1S/C9H10ClN3/c10-7-1-3-8(4-2-7)13-9-11-5-6-12-9/h1-4H,5-6H2,(H2,11,12,13). The van der Waals surface area contributed by atoms with Crippen molar-refractivity contribution in [2.75, 3.05) is 18.4 Å². The second kappa shape index (κ2) is 3.66. The lowest BCUT2D eigenvalue weighted by atomic mass is 10.3. The fourth-order valence-corrected chi connectivity index (χ4v) is 1.28. The Balaban J connectivity index is 2.05. The van der Waals surface area contributed by atoms with Crippen molar-refractivity contribution in [2.24, 2.45) is 4.99 Å². The largest absolute Gasteiger partial charge is 0.354 e. The molecule has 0 aliphatic carbocycles. The van der Waals surface area contributed by atoms with E-state index >= 15 is 0 Å². The number of hydrogen-bond donors (Lipinski definition) is 2. The molecule has 1 aliphatic heterocycles. The summed E-state index contributed by atoms with van der Waals surface area (Å²) in [6.07, 6.45) is 0. The Kier molecular flexibility index (Phi) is 2.36. The molecule has 4 heteroatoms. The second-order valence-electron chi connectivity index (χ2n) is 2.79. The molecule has 0 aromatic heterocycles. The summed E-state index contributed by atoms with van der Waals surface area (Å²) in [6, 6.07) is 7.54. The molecule has 0 fully saturated rings. The van der Waals surface area contributed by atoms with Crippen molar-refractivity contribution in [3.63, 3.8) is 0 Å². The molecule has 2 N–H and O–H groups in total. The highest BCUT2D eigenvalue weighted by molar-refractivity contribution is 6.30. The molecule has 1 aromatic carbocycles. The van der Waals surface area contributed by atoms with Crippen molar-refractivity contribution in [1.29, 1.82) is 0 Å². The van der Waals surface area contributed by atoms with Gasteiger partial charge >= 0.3 is 0 Å². The van der Waals surface area contributed by atoms with Crippen LogP contribution in [0.4, 0.5) is 5.69 Å². The smallest absolute Gasteiger partial charge is 0.195 e. The Bertz CT molecular complexity index is 318. The van der Waals surface area contributed by atoms with Crippen LogP contribution in [0.25, 0.3) is 0 Å². The molecule has 0 unspecified atom stereocenters. The normalized spacial score (nSPS) is 15.0. The van der Waals surface area contributed by atoms with Crippen LogP contribution in [0, 0.1) is 0 Å². The number of nitrogens with zero attached hydrogens (tertiary/aromatic N) is 1. The van der Waals surface area contributed by atoms with Gasteiger partial charge in [-0.05, 0) is 24.3 Å². The molecular formula is C9H10ClN3. The van der Waals surface area contributed by atoms with Gasteiger partial charge in [0.25, 0.3) is 0 Å². The Morgan fingerprint density at radius 3 is 2.69 bits per heavy atom. The minimum atomic E-state index is 0.742. The zero-order valence-electron chi connectivity index (χ0n) is 7.05. The number of nitrogens with one attached hydrogen (secondary N) is 2. The lowest BCUT2D eigenvalue weighted by Crippen LogP contribution is -2.26. The third-order valence-electron chi connectivity index (χ3n) is 1.78. The van der Waals surface area contributed by atoms with Crippen LogP contribution in [0.2, 0.25) is 5.02 Å². The maximum atomic E-state index is 5.75. The topological polar surface area (TPSA) is 36.4 Å². The first-order chi connectivity index (χ1) is 6.34. The molecule has 1 aliphatic rings. The monoisotopic (exact) mass is 195 g/mol. The maximum Gasteiger partial charge on any atom is 0.195 e. The quantitative estimate of drug-likeness (QED) is 0.716. The van der Waals surface area contributed by atoms with Crippen molar-refractivity contribution >= 4 is 23.2 Å². The van der Waals surface area contributed by atoms with Gasteiger partial charge < -0.3 is 10.6 Å². The number of rotatable bonds is 1. The Hall–Kier alpha value is -1.22. The number of halogens is 1. The van der Waals surface area contributed by atoms with Crippen LogP contribution in [0.5, 0.6) is 0 Å². The van der Waals surface area contributed by atoms with Gasteiger partial charge in [0.05, 0.1) is 6.54 Å². The van der Waals surface area contributed by atoms with E-state index in [0.29, 0.717) is 0 Å². The first-order valence-corrected chi connectivity index (χ1v) is 4.53. The number of anilines is 1. The van der Waals surface area contributed by atoms with E-state index in [1.54, 1.807) is 0 Å². The molecule has 3 nitrogen and oxygen atoms in total. The molecule has 1 aromatic rings. The second-order valence-corrected chi connectivity index (χ2v) is 3.23. The molecular weight excluding hydrogens is 186 g/mol. The van der Waals surface area contributed by atoms with E-state index in [1.807, 2.05) is 24.3 Å². The van der Waals surface area contributed by atoms with Gasteiger partial charge in [-0.1, -0.05) is 11.6 Å². The Morgan fingerprint density at radius 2 is 2.08 bits per heavy atom. The van der Waals surface area contributed by atoms with E-state index in [0.717, 1.165) is 29.8 Å². The minimum Gasteiger partial charge on any atom is -0.354 e. The van der Waals surface area contributed by atoms with Crippen LogP contribution in [0.15, 0.2) is 29.3 Å². The molecule has 0 saturated carbocycles. The van der Waals surface area contributed by atoms with E-state index in [9.17, 15) is 0 Å². The molecule has 0 saturated heterocycles. The number of guanidine groups is 1. The third kappa shape index (κ3) is 2.12. The molecule has 0 amide bonds. The molecule has 0 bridgehead atoms. The van der Waals surface area contributed by atoms with Gasteiger partial charge in [0.2, 0.25) is 0 Å². The zero-order chi connectivity index (χ0) is 9.10. The van der Waals surface area contributed by atoms with Gasteiger partial charge in [0, 0.05) is 17.3 Å². The van der Waals surface area contributed by atoms with Crippen molar-refractivity contribution in [3.05, 3.63) is 29.3 Å². The average Bonchev–Trinajstić information content (AvgIpc) is 2.62. The van der Waals surface area contributed by atoms with Crippen molar-refractivity contribution in [2.45, 2.75) is 0 Å². The first kappa shape index (κ1) is 8.38. The first-order valence-electron chi connectivity index (χ1n) is 4.15. The highest BCUT2D eigenvalue weighted by atomic mass is 35.5. The van der Waals surface area contributed by atoms with Crippen LogP contribution in [-0.4, -0.2) is 19.0 Å². The van der Waals surface area contributed by atoms with Crippen LogP contribution < -0.4 is 10.6 Å². The SMILES string of the molecule is Clc1ccc(NC2=NCCN2)cc1. The molecule has 13 heavy (non-hydrogen) atoms. The van der Waals surface area contributed by atoms with Crippen molar-refractivity contribution in [1.82, 2.24) is 5.32 Å². The van der Waals surface area contributed by atoms with Crippen molar-refractivity contribution in [3.8, 4) is 0 Å². The molecule has 0 radical (unpaired) electrons.